The normalized spacial score (nSPS) is 19.3. The highest BCUT2D eigenvalue weighted by Crippen LogP contribution is 2.13. The summed E-state index contributed by atoms with van der Waals surface area (Å²) >= 11 is 0. The van der Waals surface area contributed by atoms with Crippen molar-refractivity contribution < 1.29 is 23.6 Å². The van der Waals surface area contributed by atoms with Crippen LogP contribution in [-0.4, -0.2) is 54.8 Å². The molecular formula is C12H16N2O5. The molecule has 2 heterocycles. The number of esters is 1. The zero-order valence-electron chi connectivity index (χ0n) is 10.9. The highest BCUT2D eigenvalue weighted by molar-refractivity contribution is 5.92. The van der Waals surface area contributed by atoms with Crippen molar-refractivity contribution >= 4 is 11.9 Å². The van der Waals surface area contributed by atoms with E-state index in [1.165, 1.54) is 7.11 Å². The van der Waals surface area contributed by atoms with E-state index in [4.69, 9.17) is 9.26 Å². The minimum Gasteiger partial charge on any atom is -0.469 e. The third-order valence-corrected chi connectivity index (χ3v) is 2.90. The molecule has 0 bridgehead atoms. The number of carbonyl (C=O) groups is 2. The number of amides is 1. The molecule has 0 radical (unpaired) electrons. The summed E-state index contributed by atoms with van der Waals surface area (Å²) < 4.78 is 14.9. The quantitative estimate of drug-likeness (QED) is 0.737. The molecule has 1 amide bonds. The molecule has 0 spiro atoms. The summed E-state index contributed by atoms with van der Waals surface area (Å²) in [5.74, 6) is 0.0225. The largest absolute Gasteiger partial charge is 0.469 e. The summed E-state index contributed by atoms with van der Waals surface area (Å²) in [4.78, 5) is 24.9. The number of rotatable bonds is 3. The van der Waals surface area contributed by atoms with Gasteiger partial charge < -0.3 is 18.9 Å². The minimum absolute atomic E-state index is 0.137. The molecule has 1 aromatic rings. The highest BCUT2D eigenvalue weighted by atomic mass is 16.5. The smallest absolute Gasteiger partial charge is 0.308 e. The second-order valence-corrected chi connectivity index (χ2v) is 4.35. The monoisotopic (exact) mass is 268 g/mol. The van der Waals surface area contributed by atoms with E-state index in [9.17, 15) is 9.59 Å². The van der Waals surface area contributed by atoms with Crippen molar-refractivity contribution in [3.8, 4) is 0 Å². The second-order valence-electron chi connectivity index (χ2n) is 4.35. The van der Waals surface area contributed by atoms with Crippen LogP contribution in [0.15, 0.2) is 10.6 Å². The van der Waals surface area contributed by atoms with Gasteiger partial charge in [-0.3, -0.25) is 9.59 Å². The summed E-state index contributed by atoms with van der Waals surface area (Å²) in [5.41, 5.74) is 0.274. The third-order valence-electron chi connectivity index (χ3n) is 2.90. The zero-order chi connectivity index (χ0) is 13.8. The van der Waals surface area contributed by atoms with Crippen LogP contribution in [0.4, 0.5) is 0 Å². The van der Waals surface area contributed by atoms with Gasteiger partial charge in [-0.25, -0.2) is 0 Å². The van der Waals surface area contributed by atoms with Crippen molar-refractivity contribution in [2.75, 3.05) is 26.8 Å². The van der Waals surface area contributed by atoms with Gasteiger partial charge in [0.25, 0.3) is 5.91 Å². The van der Waals surface area contributed by atoms with E-state index in [0.29, 0.717) is 25.5 Å². The molecule has 7 nitrogen and oxygen atoms in total. The van der Waals surface area contributed by atoms with Crippen LogP contribution in [0.3, 0.4) is 0 Å². The second kappa shape index (κ2) is 5.83. The molecule has 1 aliphatic rings. The first kappa shape index (κ1) is 13.5. The molecule has 1 atom stereocenters. The third kappa shape index (κ3) is 3.31. The number of hydrogen-bond donors (Lipinski definition) is 0. The Labute approximate surface area is 110 Å². The first-order valence-corrected chi connectivity index (χ1v) is 6.01. The number of aryl methyl sites for hydroxylation is 1. The van der Waals surface area contributed by atoms with Gasteiger partial charge in [-0.2, -0.15) is 0 Å². The van der Waals surface area contributed by atoms with E-state index in [-0.39, 0.29) is 30.1 Å². The average molecular weight is 268 g/mol. The molecular weight excluding hydrogens is 252 g/mol. The Morgan fingerprint density at radius 2 is 2.37 bits per heavy atom. The van der Waals surface area contributed by atoms with Gasteiger partial charge in [-0.05, 0) is 6.92 Å². The van der Waals surface area contributed by atoms with Crippen molar-refractivity contribution in [1.82, 2.24) is 10.1 Å². The Balaban J connectivity index is 1.97. The molecule has 19 heavy (non-hydrogen) atoms. The summed E-state index contributed by atoms with van der Waals surface area (Å²) in [7, 11) is 1.33. The number of aromatic nitrogens is 1. The molecule has 0 N–H and O–H groups in total. The Morgan fingerprint density at radius 3 is 3.00 bits per heavy atom. The summed E-state index contributed by atoms with van der Waals surface area (Å²) in [6.07, 6.45) is -0.198. The number of carbonyl (C=O) groups excluding carboxylic acids is 2. The number of hydrogen-bond acceptors (Lipinski definition) is 6. The Kier molecular flexibility index (Phi) is 4.16. The van der Waals surface area contributed by atoms with Crippen LogP contribution < -0.4 is 0 Å². The van der Waals surface area contributed by atoms with Crippen LogP contribution in [-0.2, 0) is 14.3 Å². The van der Waals surface area contributed by atoms with Gasteiger partial charge in [0.15, 0.2) is 5.69 Å². The molecule has 104 valence electrons. The van der Waals surface area contributed by atoms with Gasteiger partial charge in [0.2, 0.25) is 0 Å². The van der Waals surface area contributed by atoms with Gasteiger partial charge in [0, 0.05) is 19.2 Å². The van der Waals surface area contributed by atoms with E-state index in [1.54, 1.807) is 17.9 Å². The van der Waals surface area contributed by atoms with Crippen LogP contribution >= 0.6 is 0 Å². The molecule has 1 saturated heterocycles. The maximum Gasteiger partial charge on any atom is 0.308 e. The number of morpholine rings is 1. The van der Waals surface area contributed by atoms with E-state index >= 15 is 0 Å². The average Bonchev–Trinajstić information content (AvgIpc) is 2.84. The van der Waals surface area contributed by atoms with E-state index in [1.807, 2.05) is 0 Å². The summed E-state index contributed by atoms with van der Waals surface area (Å²) in [6.45, 7) is 2.94. The Morgan fingerprint density at radius 1 is 1.58 bits per heavy atom. The molecule has 0 aromatic carbocycles. The summed E-state index contributed by atoms with van der Waals surface area (Å²) in [5, 5.41) is 3.69. The van der Waals surface area contributed by atoms with Crippen molar-refractivity contribution in [1.29, 1.82) is 0 Å². The first-order valence-electron chi connectivity index (χ1n) is 6.01. The fourth-order valence-corrected chi connectivity index (χ4v) is 1.93. The lowest BCUT2D eigenvalue weighted by Gasteiger charge is -2.31. The SMILES string of the molecule is COC(=O)CC1CN(C(=O)c2cc(C)on2)CCO1. The zero-order valence-corrected chi connectivity index (χ0v) is 10.9. The lowest BCUT2D eigenvalue weighted by molar-refractivity contribution is -0.145. The van der Waals surface area contributed by atoms with Crippen LogP contribution in [0.1, 0.15) is 22.7 Å². The fourth-order valence-electron chi connectivity index (χ4n) is 1.93. The van der Waals surface area contributed by atoms with Crippen molar-refractivity contribution in [3.63, 3.8) is 0 Å². The van der Waals surface area contributed by atoms with Gasteiger partial charge in [0.05, 0.1) is 26.2 Å². The van der Waals surface area contributed by atoms with E-state index in [2.05, 4.69) is 9.89 Å². The lowest BCUT2D eigenvalue weighted by Crippen LogP contribution is -2.46. The maximum atomic E-state index is 12.1. The van der Waals surface area contributed by atoms with Gasteiger partial charge in [-0.15, -0.1) is 0 Å². The van der Waals surface area contributed by atoms with E-state index < -0.39 is 0 Å². The van der Waals surface area contributed by atoms with Crippen molar-refractivity contribution in [2.45, 2.75) is 19.4 Å². The number of methoxy groups -OCH3 is 1. The lowest BCUT2D eigenvalue weighted by atomic mass is 10.2. The highest BCUT2D eigenvalue weighted by Gasteiger charge is 2.28. The molecule has 1 fully saturated rings. The molecule has 0 aliphatic carbocycles. The van der Waals surface area contributed by atoms with Crippen LogP contribution in [0.25, 0.3) is 0 Å². The van der Waals surface area contributed by atoms with Gasteiger partial charge in [0.1, 0.15) is 5.76 Å². The molecule has 2 rings (SSSR count). The van der Waals surface area contributed by atoms with Gasteiger partial charge >= 0.3 is 5.97 Å². The first-order chi connectivity index (χ1) is 9.10. The van der Waals surface area contributed by atoms with Crippen molar-refractivity contribution in [3.05, 3.63) is 17.5 Å². The molecule has 1 aromatic heterocycles. The van der Waals surface area contributed by atoms with Crippen molar-refractivity contribution in [2.24, 2.45) is 0 Å². The predicted octanol–water partition coefficient (Wildman–Crippen LogP) is 0.387. The molecule has 0 saturated carbocycles. The van der Waals surface area contributed by atoms with Crippen LogP contribution in [0, 0.1) is 6.92 Å². The molecule has 1 aliphatic heterocycles. The minimum atomic E-state index is -0.350. The Bertz CT molecular complexity index is 470. The molecule has 7 heteroatoms. The Hall–Kier alpha value is -1.89. The summed E-state index contributed by atoms with van der Waals surface area (Å²) in [6, 6.07) is 1.59. The fraction of sp³-hybridized carbons (Fsp3) is 0.583. The van der Waals surface area contributed by atoms with Gasteiger partial charge in [-0.1, -0.05) is 5.16 Å². The number of nitrogens with zero attached hydrogens (tertiary/aromatic N) is 2. The standard InChI is InChI=1S/C12H16N2O5/c1-8-5-10(13-19-8)12(16)14-3-4-18-9(7-14)6-11(15)17-2/h5,9H,3-4,6-7H2,1-2H3. The predicted molar refractivity (Wildman–Crippen MR) is 63.5 cm³/mol. The van der Waals surface area contributed by atoms with Crippen LogP contribution in [0.5, 0.6) is 0 Å². The molecule has 1 unspecified atom stereocenters. The van der Waals surface area contributed by atoms with Crippen LogP contribution in [0.2, 0.25) is 0 Å². The van der Waals surface area contributed by atoms with E-state index in [0.717, 1.165) is 0 Å². The maximum absolute atomic E-state index is 12.1. The number of ether oxygens (including phenoxy) is 2. The topological polar surface area (TPSA) is 81.9 Å².